The van der Waals surface area contributed by atoms with E-state index < -0.39 is 67.4 Å². The zero-order chi connectivity index (χ0) is 54.7. The van der Waals surface area contributed by atoms with Crippen molar-refractivity contribution in [2.45, 2.75) is 346 Å². The minimum atomic E-state index is -1.61. The van der Waals surface area contributed by atoms with Crippen molar-refractivity contribution in [2.75, 3.05) is 13.2 Å². The van der Waals surface area contributed by atoms with Crippen LogP contribution in [0.5, 0.6) is 0 Å². The van der Waals surface area contributed by atoms with Gasteiger partial charge >= 0.3 is 5.97 Å². The van der Waals surface area contributed by atoms with Crippen LogP contribution < -0.4 is 5.32 Å². The minimum Gasteiger partial charge on any atom is -0.454 e. The largest absolute Gasteiger partial charge is 0.454 e. The Bertz CT molecular complexity index is 1360. The summed E-state index contributed by atoms with van der Waals surface area (Å²) in [6.07, 6.45) is 51.7. The summed E-state index contributed by atoms with van der Waals surface area (Å²) in [5.41, 5.74) is 0. The van der Waals surface area contributed by atoms with E-state index >= 15 is 0 Å². The van der Waals surface area contributed by atoms with Crippen molar-refractivity contribution in [1.29, 1.82) is 0 Å². The molecule has 0 aliphatic carbocycles. The zero-order valence-electron chi connectivity index (χ0n) is 48.7. The van der Waals surface area contributed by atoms with Crippen molar-refractivity contribution in [3.63, 3.8) is 0 Å². The summed E-state index contributed by atoms with van der Waals surface area (Å²) in [5, 5.41) is 57.0. The molecule has 1 heterocycles. The number of allylic oxidation sites excluding steroid dienone is 5. The molecule has 1 aliphatic rings. The van der Waals surface area contributed by atoms with Crippen molar-refractivity contribution in [3.05, 3.63) is 36.5 Å². The van der Waals surface area contributed by atoms with Gasteiger partial charge in [0.2, 0.25) is 5.91 Å². The quantitative estimate of drug-likeness (QED) is 0.0195. The number of ether oxygens (including phenoxy) is 3. The lowest BCUT2D eigenvalue weighted by molar-refractivity contribution is -0.305. The van der Waals surface area contributed by atoms with Crippen LogP contribution in [0.2, 0.25) is 0 Å². The molecule has 1 fully saturated rings. The van der Waals surface area contributed by atoms with Gasteiger partial charge in [0.1, 0.15) is 24.4 Å². The van der Waals surface area contributed by atoms with Gasteiger partial charge < -0.3 is 45.1 Å². The van der Waals surface area contributed by atoms with E-state index in [2.05, 4.69) is 50.4 Å². The fourth-order valence-corrected chi connectivity index (χ4v) is 9.98. The van der Waals surface area contributed by atoms with Crippen LogP contribution >= 0.6 is 0 Å². The van der Waals surface area contributed by atoms with Crippen molar-refractivity contribution in [1.82, 2.24) is 5.32 Å². The number of esters is 1. The van der Waals surface area contributed by atoms with Crippen LogP contribution in [0.25, 0.3) is 0 Å². The number of hydrogen-bond acceptors (Lipinski definition) is 10. The molecule has 0 aromatic rings. The fraction of sp³-hybridized carbons (Fsp3) is 0.875. The van der Waals surface area contributed by atoms with E-state index in [0.717, 1.165) is 70.6 Å². The normalized spacial score (nSPS) is 19.4. The number of nitrogens with one attached hydrogen (secondary N) is 1. The molecule has 11 nitrogen and oxygen atoms in total. The molecule has 1 aliphatic heterocycles. The van der Waals surface area contributed by atoms with Gasteiger partial charge in [-0.15, -0.1) is 0 Å². The van der Waals surface area contributed by atoms with Gasteiger partial charge in [-0.3, -0.25) is 9.59 Å². The van der Waals surface area contributed by atoms with Crippen molar-refractivity contribution in [2.24, 2.45) is 0 Å². The summed E-state index contributed by atoms with van der Waals surface area (Å²) < 4.78 is 17.6. The molecule has 0 radical (unpaired) electrons. The second-order valence-electron chi connectivity index (χ2n) is 22.1. The van der Waals surface area contributed by atoms with Gasteiger partial charge in [-0.1, -0.05) is 269 Å². The summed E-state index contributed by atoms with van der Waals surface area (Å²) in [4.78, 5) is 26.5. The fourth-order valence-electron chi connectivity index (χ4n) is 9.98. The number of aliphatic hydroxyl groups is 5. The molecule has 0 bridgehead atoms. The Balaban J connectivity index is 2.68. The maximum absolute atomic E-state index is 13.4. The van der Waals surface area contributed by atoms with Crippen LogP contribution in [0.15, 0.2) is 36.5 Å². The van der Waals surface area contributed by atoms with E-state index in [1.54, 1.807) is 6.08 Å². The monoisotopic (exact) mass is 1060 g/mol. The maximum Gasteiger partial charge on any atom is 0.306 e. The lowest BCUT2D eigenvalue weighted by atomic mass is 9.99. The summed E-state index contributed by atoms with van der Waals surface area (Å²) in [7, 11) is 0. The third-order valence-electron chi connectivity index (χ3n) is 15.0. The number of hydrogen-bond donors (Lipinski definition) is 6. The summed E-state index contributed by atoms with van der Waals surface area (Å²) in [6, 6.07) is -1.02. The number of aliphatic hydroxyl groups excluding tert-OH is 5. The van der Waals surface area contributed by atoms with Gasteiger partial charge in [0.15, 0.2) is 12.4 Å². The molecule has 1 rings (SSSR count). The SMILES string of the molecule is CCCCC/C=C\C/C=C\CCCCCCCCCCC(O)C(=O)NC(COC1OC(CO)C(O)C(O)C1OC(=O)CCCCCCCCCCCCCCCCC)C(O)/C=C/CCCCCCCCCCCCC. The second-order valence-corrected chi connectivity index (χ2v) is 22.1. The average molecular weight is 1060 g/mol. The molecule has 6 N–H and O–H groups in total. The van der Waals surface area contributed by atoms with Crippen molar-refractivity contribution < 1.29 is 49.3 Å². The molecule has 1 saturated heterocycles. The molecular formula is C64H119NO10. The number of rotatable bonds is 54. The van der Waals surface area contributed by atoms with Crippen LogP contribution in [-0.4, -0.2) is 99.6 Å². The molecule has 1 amide bonds. The van der Waals surface area contributed by atoms with E-state index in [0.29, 0.717) is 12.8 Å². The Hall–Kier alpha value is -2.12. The zero-order valence-corrected chi connectivity index (χ0v) is 48.7. The van der Waals surface area contributed by atoms with Crippen LogP contribution in [0.4, 0.5) is 0 Å². The molecule has 0 aromatic carbocycles. The van der Waals surface area contributed by atoms with E-state index in [1.807, 2.05) is 6.08 Å². The highest BCUT2D eigenvalue weighted by atomic mass is 16.7. The number of unbranched alkanes of at least 4 members (excludes halogenated alkanes) is 36. The first-order valence-corrected chi connectivity index (χ1v) is 31.8. The summed E-state index contributed by atoms with van der Waals surface area (Å²) >= 11 is 0. The topological polar surface area (TPSA) is 175 Å². The molecular weight excluding hydrogens is 943 g/mol. The van der Waals surface area contributed by atoms with Gasteiger partial charge in [-0.05, 0) is 57.8 Å². The molecule has 11 heteroatoms. The Labute approximate surface area is 460 Å². The lowest BCUT2D eigenvalue weighted by Gasteiger charge is -2.41. The molecule has 0 spiro atoms. The number of amides is 1. The molecule has 440 valence electrons. The molecule has 8 unspecified atom stereocenters. The highest BCUT2D eigenvalue weighted by Crippen LogP contribution is 2.26. The summed E-state index contributed by atoms with van der Waals surface area (Å²) in [5.74, 6) is -1.19. The van der Waals surface area contributed by atoms with Gasteiger partial charge in [-0.2, -0.15) is 0 Å². The Kier molecular flexibility index (Phi) is 49.7. The smallest absolute Gasteiger partial charge is 0.306 e. The second kappa shape index (κ2) is 52.6. The lowest BCUT2D eigenvalue weighted by Crippen LogP contribution is -2.61. The maximum atomic E-state index is 13.4. The van der Waals surface area contributed by atoms with Gasteiger partial charge in [0, 0.05) is 6.42 Å². The highest BCUT2D eigenvalue weighted by molar-refractivity contribution is 5.80. The van der Waals surface area contributed by atoms with Crippen molar-refractivity contribution >= 4 is 11.9 Å². The standard InChI is InChI=1S/C64H119NO10/c1-4-7-10-13-16-19-22-25-27-28-29-31-33-36-39-42-45-48-51-57(68)63(72)65-55(56(67)50-47-44-41-38-35-32-24-21-18-15-12-9-6-3)54-73-64-62(61(71)60(70)58(53-66)74-64)75-59(69)52-49-46-43-40-37-34-30-26-23-20-17-14-11-8-5-2/h16,19,25,27,47,50,55-58,60-62,64,66-68,70-71H,4-15,17-18,20-24,26,28-46,48-49,51-54H2,1-3H3,(H,65,72)/b19-16-,27-25-,50-47+. The molecule has 8 atom stereocenters. The molecule has 0 aromatic heterocycles. The van der Waals surface area contributed by atoms with Gasteiger partial charge in [0.25, 0.3) is 0 Å². The average Bonchev–Trinajstić information content (AvgIpc) is 3.41. The number of carbonyl (C=O) groups excluding carboxylic acids is 2. The van der Waals surface area contributed by atoms with E-state index in [1.165, 1.54) is 180 Å². The van der Waals surface area contributed by atoms with Gasteiger partial charge in [-0.25, -0.2) is 0 Å². The first-order chi connectivity index (χ1) is 36.7. The van der Waals surface area contributed by atoms with Gasteiger partial charge in [0.05, 0.1) is 25.4 Å². The molecule has 0 saturated carbocycles. The van der Waals surface area contributed by atoms with Crippen molar-refractivity contribution in [3.8, 4) is 0 Å². The van der Waals surface area contributed by atoms with E-state index in [-0.39, 0.29) is 19.4 Å². The Morgan fingerprint density at radius 1 is 0.520 bits per heavy atom. The van der Waals surface area contributed by atoms with E-state index in [4.69, 9.17) is 14.2 Å². The number of carbonyl (C=O) groups is 2. The first kappa shape index (κ1) is 70.9. The molecule has 75 heavy (non-hydrogen) atoms. The van der Waals surface area contributed by atoms with Crippen LogP contribution in [-0.2, 0) is 23.8 Å². The van der Waals surface area contributed by atoms with Crippen LogP contribution in [0, 0.1) is 0 Å². The first-order valence-electron chi connectivity index (χ1n) is 31.8. The predicted molar refractivity (Wildman–Crippen MR) is 311 cm³/mol. The van der Waals surface area contributed by atoms with Crippen LogP contribution in [0.3, 0.4) is 0 Å². The minimum absolute atomic E-state index is 0.128. The van der Waals surface area contributed by atoms with E-state index in [9.17, 15) is 35.1 Å². The third kappa shape index (κ3) is 40.7. The predicted octanol–water partition coefficient (Wildman–Crippen LogP) is 15.1. The highest BCUT2D eigenvalue weighted by Gasteiger charge is 2.47. The summed E-state index contributed by atoms with van der Waals surface area (Å²) in [6.45, 7) is 5.79. The Morgan fingerprint density at radius 2 is 0.920 bits per heavy atom. The Morgan fingerprint density at radius 3 is 1.39 bits per heavy atom. The van der Waals surface area contributed by atoms with Crippen LogP contribution in [0.1, 0.15) is 297 Å². The third-order valence-corrected chi connectivity index (χ3v) is 15.0.